The fourth-order valence-corrected chi connectivity index (χ4v) is 1.23. The molecule has 2 N–H and O–H groups in total. The van der Waals surface area contributed by atoms with E-state index in [9.17, 15) is 14.0 Å². The summed E-state index contributed by atoms with van der Waals surface area (Å²) in [6.07, 6.45) is -0.938. The zero-order valence-electron chi connectivity index (χ0n) is 9.01. The summed E-state index contributed by atoms with van der Waals surface area (Å²) in [5.41, 5.74) is -0.291. The van der Waals surface area contributed by atoms with Crippen molar-refractivity contribution in [2.45, 2.75) is 19.4 Å². The highest BCUT2D eigenvalue weighted by atomic mass is 19.1. The Bertz CT molecular complexity index is 443. The summed E-state index contributed by atoms with van der Waals surface area (Å²) in [6, 6.07) is 2.85. The van der Waals surface area contributed by atoms with Gasteiger partial charge in [0.1, 0.15) is 11.6 Å². The molecule has 0 radical (unpaired) electrons. The van der Waals surface area contributed by atoms with Crippen LogP contribution in [0.2, 0.25) is 0 Å². The van der Waals surface area contributed by atoms with Crippen molar-refractivity contribution in [1.29, 1.82) is 0 Å². The van der Waals surface area contributed by atoms with Crippen LogP contribution in [0.4, 0.5) is 4.39 Å². The molecule has 1 aromatic carbocycles. The molecule has 6 heteroatoms. The van der Waals surface area contributed by atoms with Gasteiger partial charge in [0.25, 0.3) is 0 Å². The van der Waals surface area contributed by atoms with Crippen LogP contribution in [0.3, 0.4) is 0 Å². The molecule has 0 heterocycles. The average Bonchev–Trinajstić information content (AvgIpc) is 2.24. The van der Waals surface area contributed by atoms with Gasteiger partial charge in [0.05, 0.1) is 5.56 Å². The minimum absolute atomic E-state index is 0.114. The molecule has 17 heavy (non-hydrogen) atoms. The van der Waals surface area contributed by atoms with Gasteiger partial charge in [-0.05, 0) is 18.6 Å². The van der Waals surface area contributed by atoms with Gasteiger partial charge >= 0.3 is 11.9 Å². The van der Waals surface area contributed by atoms with Gasteiger partial charge in [-0.15, -0.1) is 0 Å². The molecule has 1 rings (SSSR count). The number of hydrogen-bond donors (Lipinski definition) is 2. The minimum Gasteiger partial charge on any atom is -0.479 e. The van der Waals surface area contributed by atoms with E-state index in [0.717, 1.165) is 18.2 Å². The highest BCUT2D eigenvalue weighted by Gasteiger charge is 2.18. The number of aliphatic carboxylic acids is 1. The van der Waals surface area contributed by atoms with Crippen molar-refractivity contribution >= 4 is 11.9 Å². The Kier molecular flexibility index (Phi) is 4.03. The standard InChI is InChI=1S/C11H11FO5/c1-2-9(11(15)16)17-8-4-6(10(13)14)3-7(12)5-8/h3-5,9H,2H2,1H3,(H,13,14)(H,15,16). The van der Waals surface area contributed by atoms with Gasteiger partial charge in [0.15, 0.2) is 6.10 Å². The minimum atomic E-state index is -1.31. The third-order valence-electron chi connectivity index (χ3n) is 2.04. The topological polar surface area (TPSA) is 83.8 Å². The van der Waals surface area contributed by atoms with E-state index >= 15 is 0 Å². The number of carboxylic acids is 2. The van der Waals surface area contributed by atoms with Crippen LogP contribution < -0.4 is 4.74 Å². The number of halogens is 1. The molecule has 0 aliphatic heterocycles. The van der Waals surface area contributed by atoms with Gasteiger partial charge in [-0.25, -0.2) is 14.0 Å². The first-order valence-corrected chi connectivity index (χ1v) is 4.87. The summed E-state index contributed by atoms with van der Waals surface area (Å²) in [7, 11) is 0. The molecule has 1 atom stereocenters. The van der Waals surface area contributed by atoms with Gasteiger partial charge in [0.2, 0.25) is 0 Å². The van der Waals surface area contributed by atoms with Crippen molar-refractivity contribution in [2.24, 2.45) is 0 Å². The number of aromatic carboxylic acids is 1. The van der Waals surface area contributed by atoms with Crippen molar-refractivity contribution in [3.05, 3.63) is 29.6 Å². The molecule has 0 amide bonds. The first-order chi connectivity index (χ1) is 7.93. The first-order valence-electron chi connectivity index (χ1n) is 4.87. The zero-order chi connectivity index (χ0) is 13.0. The van der Waals surface area contributed by atoms with Crippen molar-refractivity contribution < 1.29 is 28.9 Å². The molecule has 0 fully saturated rings. The maximum absolute atomic E-state index is 13.1. The predicted octanol–water partition coefficient (Wildman–Crippen LogP) is 1.77. The molecule has 0 aromatic heterocycles. The predicted molar refractivity (Wildman–Crippen MR) is 55.7 cm³/mol. The average molecular weight is 242 g/mol. The van der Waals surface area contributed by atoms with Crippen LogP contribution >= 0.6 is 0 Å². The smallest absolute Gasteiger partial charge is 0.344 e. The molecule has 1 aromatic rings. The quantitative estimate of drug-likeness (QED) is 0.821. The van der Waals surface area contributed by atoms with E-state index in [1.807, 2.05) is 0 Å². The van der Waals surface area contributed by atoms with Crippen LogP contribution in [0, 0.1) is 5.82 Å². The molecule has 0 spiro atoms. The summed E-state index contributed by atoms with van der Waals surface area (Å²) in [6.45, 7) is 1.59. The fraction of sp³-hybridized carbons (Fsp3) is 0.273. The Morgan fingerprint density at radius 3 is 2.47 bits per heavy atom. The Labute approximate surface area is 96.4 Å². The van der Waals surface area contributed by atoms with Crippen molar-refractivity contribution in [2.75, 3.05) is 0 Å². The van der Waals surface area contributed by atoms with Crippen LogP contribution in [0.15, 0.2) is 18.2 Å². The number of carboxylic acid groups (broad SMARTS) is 2. The van der Waals surface area contributed by atoms with Gasteiger partial charge in [-0.2, -0.15) is 0 Å². The van der Waals surface area contributed by atoms with Crippen LogP contribution in [0.1, 0.15) is 23.7 Å². The van der Waals surface area contributed by atoms with Gasteiger partial charge in [-0.3, -0.25) is 0 Å². The van der Waals surface area contributed by atoms with Crippen LogP contribution in [-0.2, 0) is 4.79 Å². The molecule has 0 saturated heterocycles. The van der Waals surface area contributed by atoms with E-state index in [-0.39, 0.29) is 17.7 Å². The van der Waals surface area contributed by atoms with Crippen molar-refractivity contribution in [3.63, 3.8) is 0 Å². The second-order valence-corrected chi connectivity index (χ2v) is 3.33. The van der Waals surface area contributed by atoms with E-state index in [1.54, 1.807) is 6.92 Å². The molecular weight excluding hydrogens is 231 g/mol. The third kappa shape index (κ3) is 3.44. The Hall–Kier alpha value is -2.11. The summed E-state index contributed by atoms with van der Waals surface area (Å²) in [5.74, 6) is -3.40. The Balaban J connectivity index is 2.98. The van der Waals surface area contributed by atoms with E-state index in [0.29, 0.717) is 0 Å². The molecule has 92 valence electrons. The number of rotatable bonds is 5. The third-order valence-corrected chi connectivity index (χ3v) is 2.04. The van der Waals surface area contributed by atoms with Crippen LogP contribution in [-0.4, -0.2) is 28.3 Å². The summed E-state index contributed by atoms with van der Waals surface area (Å²) in [5, 5.41) is 17.4. The maximum atomic E-state index is 13.1. The number of carbonyl (C=O) groups is 2. The Morgan fingerprint density at radius 2 is 2.00 bits per heavy atom. The summed E-state index contributed by atoms with van der Waals surface area (Å²) in [4.78, 5) is 21.4. The lowest BCUT2D eigenvalue weighted by atomic mass is 10.2. The van der Waals surface area contributed by atoms with E-state index < -0.39 is 23.9 Å². The fourth-order valence-electron chi connectivity index (χ4n) is 1.23. The van der Waals surface area contributed by atoms with Crippen LogP contribution in [0.5, 0.6) is 5.75 Å². The second kappa shape index (κ2) is 5.29. The Morgan fingerprint density at radius 1 is 1.35 bits per heavy atom. The SMILES string of the molecule is CCC(Oc1cc(F)cc(C(=O)O)c1)C(=O)O. The lowest BCUT2D eigenvalue weighted by Crippen LogP contribution is -2.26. The molecule has 5 nitrogen and oxygen atoms in total. The number of ether oxygens (including phenoxy) is 1. The molecule has 0 aliphatic rings. The number of benzene rings is 1. The molecule has 1 unspecified atom stereocenters. The highest BCUT2D eigenvalue weighted by Crippen LogP contribution is 2.18. The van der Waals surface area contributed by atoms with Gasteiger partial charge in [-0.1, -0.05) is 6.92 Å². The normalized spacial score (nSPS) is 11.9. The van der Waals surface area contributed by atoms with Crippen molar-refractivity contribution in [3.8, 4) is 5.75 Å². The summed E-state index contributed by atoms with van der Waals surface area (Å²) < 4.78 is 18.0. The van der Waals surface area contributed by atoms with E-state index in [1.165, 1.54) is 0 Å². The maximum Gasteiger partial charge on any atom is 0.344 e. The zero-order valence-corrected chi connectivity index (χ0v) is 9.01. The molecule has 0 saturated carbocycles. The second-order valence-electron chi connectivity index (χ2n) is 3.33. The van der Waals surface area contributed by atoms with E-state index in [2.05, 4.69) is 0 Å². The largest absolute Gasteiger partial charge is 0.479 e. The van der Waals surface area contributed by atoms with Crippen LogP contribution in [0.25, 0.3) is 0 Å². The highest BCUT2D eigenvalue weighted by molar-refractivity contribution is 5.88. The van der Waals surface area contributed by atoms with Gasteiger partial charge < -0.3 is 14.9 Å². The lowest BCUT2D eigenvalue weighted by molar-refractivity contribution is -0.145. The number of hydrogen-bond acceptors (Lipinski definition) is 3. The van der Waals surface area contributed by atoms with Gasteiger partial charge in [0, 0.05) is 6.07 Å². The van der Waals surface area contributed by atoms with Crippen molar-refractivity contribution in [1.82, 2.24) is 0 Å². The summed E-state index contributed by atoms with van der Waals surface area (Å²) >= 11 is 0. The molecular formula is C11H11FO5. The molecule has 0 aliphatic carbocycles. The molecule has 0 bridgehead atoms. The monoisotopic (exact) mass is 242 g/mol. The first kappa shape index (κ1) is 13.0. The van der Waals surface area contributed by atoms with E-state index in [4.69, 9.17) is 14.9 Å². The lowest BCUT2D eigenvalue weighted by Gasteiger charge is -2.13.